The second-order valence-electron chi connectivity index (χ2n) is 5.60. The molecule has 1 saturated heterocycles. The number of nitrogens with one attached hydrogen (secondary N) is 3. The van der Waals surface area contributed by atoms with Crippen LogP contribution in [0, 0.1) is 0 Å². The van der Waals surface area contributed by atoms with E-state index in [2.05, 4.69) is 31.0 Å². The minimum atomic E-state index is -0.367. The van der Waals surface area contributed by atoms with Crippen LogP contribution in [0.2, 0.25) is 0 Å². The number of aromatic nitrogens is 4. The van der Waals surface area contributed by atoms with E-state index in [0.717, 1.165) is 12.8 Å². The summed E-state index contributed by atoms with van der Waals surface area (Å²) in [7, 11) is 1.74. The first-order valence-corrected chi connectivity index (χ1v) is 7.39. The summed E-state index contributed by atoms with van der Waals surface area (Å²) in [5.74, 6) is 0.416. The molecule has 0 bridgehead atoms. The van der Waals surface area contributed by atoms with Crippen molar-refractivity contribution in [3.05, 3.63) is 17.3 Å². The van der Waals surface area contributed by atoms with Gasteiger partial charge in [-0.15, -0.1) is 0 Å². The Kier molecular flexibility index (Phi) is 3.00. The molecule has 2 aromatic rings. The minimum Gasteiger partial charge on any atom is -0.357 e. The zero-order valence-electron chi connectivity index (χ0n) is 12.5. The van der Waals surface area contributed by atoms with Crippen molar-refractivity contribution < 1.29 is 9.59 Å². The Balaban J connectivity index is 1.80. The van der Waals surface area contributed by atoms with Gasteiger partial charge in [-0.25, -0.2) is 0 Å². The average molecular weight is 313 g/mol. The molecule has 2 fully saturated rings. The van der Waals surface area contributed by atoms with Crippen LogP contribution in [0.15, 0.2) is 11.8 Å². The van der Waals surface area contributed by atoms with Crippen molar-refractivity contribution in [2.75, 3.05) is 17.7 Å². The van der Waals surface area contributed by atoms with Crippen LogP contribution < -0.4 is 16.0 Å². The summed E-state index contributed by atoms with van der Waals surface area (Å²) in [6.07, 6.45) is 5.57. The molecule has 2 amide bonds. The second kappa shape index (κ2) is 5.04. The van der Waals surface area contributed by atoms with Crippen LogP contribution in [0.4, 0.5) is 11.9 Å². The predicted molar refractivity (Wildman–Crippen MR) is 82.7 cm³/mol. The van der Waals surface area contributed by atoms with Crippen molar-refractivity contribution in [2.45, 2.75) is 25.3 Å². The van der Waals surface area contributed by atoms with Crippen LogP contribution in [0.5, 0.6) is 0 Å². The first kappa shape index (κ1) is 13.7. The van der Waals surface area contributed by atoms with Crippen LogP contribution in [-0.4, -0.2) is 44.5 Å². The van der Waals surface area contributed by atoms with Crippen LogP contribution in [-0.2, 0) is 9.59 Å². The minimum absolute atomic E-state index is 0.0767. The molecule has 4 rings (SSSR count). The molecule has 2 aromatic heterocycles. The van der Waals surface area contributed by atoms with Gasteiger partial charge in [0.1, 0.15) is 0 Å². The van der Waals surface area contributed by atoms with E-state index >= 15 is 0 Å². The van der Waals surface area contributed by atoms with E-state index < -0.39 is 0 Å². The van der Waals surface area contributed by atoms with Crippen molar-refractivity contribution in [1.82, 2.24) is 24.9 Å². The molecule has 0 spiro atoms. The van der Waals surface area contributed by atoms with E-state index in [1.165, 1.54) is 0 Å². The maximum absolute atomic E-state index is 11.7. The number of imide groups is 1. The lowest BCUT2D eigenvalue weighted by Crippen LogP contribution is -2.19. The highest BCUT2D eigenvalue weighted by molar-refractivity contribution is 6.15. The largest absolute Gasteiger partial charge is 0.357 e. The lowest BCUT2D eigenvalue weighted by Gasteiger charge is -2.08. The van der Waals surface area contributed by atoms with Gasteiger partial charge in [0, 0.05) is 24.2 Å². The Morgan fingerprint density at radius 1 is 1.35 bits per heavy atom. The fourth-order valence-electron chi connectivity index (χ4n) is 2.42. The monoisotopic (exact) mass is 313 g/mol. The molecular formula is C14H15N7O2. The molecule has 0 aromatic carbocycles. The van der Waals surface area contributed by atoms with E-state index in [1.54, 1.807) is 23.8 Å². The molecule has 3 heterocycles. The Hall–Kier alpha value is -2.97. The van der Waals surface area contributed by atoms with E-state index in [1.807, 2.05) is 0 Å². The normalized spacial score (nSPS) is 19.4. The van der Waals surface area contributed by atoms with Gasteiger partial charge in [-0.05, 0) is 18.9 Å². The Labute approximate surface area is 131 Å². The molecule has 23 heavy (non-hydrogen) atoms. The van der Waals surface area contributed by atoms with Crippen molar-refractivity contribution in [3.63, 3.8) is 0 Å². The van der Waals surface area contributed by atoms with Crippen LogP contribution in [0.1, 0.15) is 24.8 Å². The number of hydrogen-bond acceptors (Lipinski definition) is 7. The standard InChI is InChI=1S/C14H15N7O2/c1-15-13-19-11-8(4-7-5-10(22)18-12(7)23)6-16-21(11)14(20-13)17-9-2-3-9/h4,6,9H,2-3,5H2,1H3,(H,18,22,23)(H2,15,17,19,20)/b7-4+. The number of hydrogen-bond donors (Lipinski definition) is 3. The molecule has 0 atom stereocenters. The molecule has 1 aliphatic carbocycles. The van der Waals surface area contributed by atoms with Crippen LogP contribution in [0.3, 0.4) is 0 Å². The lowest BCUT2D eigenvalue weighted by molar-refractivity contribution is -0.124. The lowest BCUT2D eigenvalue weighted by atomic mass is 10.1. The number of fused-ring (bicyclic) bond motifs is 1. The number of amides is 2. The molecule has 9 heteroatoms. The van der Waals surface area contributed by atoms with Gasteiger partial charge in [0.2, 0.25) is 17.8 Å². The summed E-state index contributed by atoms with van der Waals surface area (Å²) in [6.45, 7) is 0. The summed E-state index contributed by atoms with van der Waals surface area (Å²) in [4.78, 5) is 31.8. The molecule has 118 valence electrons. The topological polar surface area (TPSA) is 113 Å². The summed E-state index contributed by atoms with van der Waals surface area (Å²) in [5.41, 5.74) is 1.65. The zero-order valence-corrected chi connectivity index (χ0v) is 12.5. The third-order valence-corrected chi connectivity index (χ3v) is 3.75. The highest BCUT2D eigenvalue weighted by Gasteiger charge is 2.26. The zero-order chi connectivity index (χ0) is 16.0. The van der Waals surface area contributed by atoms with E-state index in [9.17, 15) is 9.59 Å². The van der Waals surface area contributed by atoms with Gasteiger partial charge in [-0.2, -0.15) is 19.6 Å². The Bertz CT molecular complexity index is 850. The molecule has 9 nitrogen and oxygen atoms in total. The second-order valence-corrected chi connectivity index (χ2v) is 5.60. The maximum atomic E-state index is 11.7. The smallest absolute Gasteiger partial charge is 0.254 e. The van der Waals surface area contributed by atoms with E-state index in [-0.39, 0.29) is 18.2 Å². The molecular weight excluding hydrogens is 298 g/mol. The fraction of sp³-hybridized carbons (Fsp3) is 0.357. The molecule has 3 N–H and O–H groups in total. The highest BCUT2D eigenvalue weighted by atomic mass is 16.2. The Morgan fingerprint density at radius 2 is 2.17 bits per heavy atom. The maximum Gasteiger partial charge on any atom is 0.254 e. The van der Waals surface area contributed by atoms with Gasteiger partial charge in [-0.1, -0.05) is 0 Å². The van der Waals surface area contributed by atoms with E-state index in [0.29, 0.717) is 34.7 Å². The first-order valence-electron chi connectivity index (χ1n) is 7.39. The SMILES string of the molecule is CNc1nc(NC2CC2)n2ncc(/C=C3\CC(=O)NC3=O)c2n1. The number of rotatable bonds is 4. The molecule has 0 radical (unpaired) electrons. The van der Waals surface area contributed by atoms with Crippen molar-refractivity contribution in [2.24, 2.45) is 0 Å². The van der Waals surface area contributed by atoms with Crippen molar-refractivity contribution in [1.29, 1.82) is 0 Å². The van der Waals surface area contributed by atoms with Crippen LogP contribution >= 0.6 is 0 Å². The molecule has 0 unspecified atom stereocenters. The number of anilines is 2. The van der Waals surface area contributed by atoms with Crippen molar-refractivity contribution in [3.8, 4) is 0 Å². The number of carbonyl (C=O) groups is 2. The summed E-state index contributed by atoms with van der Waals surface area (Å²) in [6, 6.07) is 0.419. The fourth-order valence-corrected chi connectivity index (χ4v) is 2.42. The highest BCUT2D eigenvalue weighted by Crippen LogP contribution is 2.26. The molecule has 2 aliphatic rings. The number of nitrogens with zero attached hydrogens (tertiary/aromatic N) is 4. The van der Waals surface area contributed by atoms with Gasteiger partial charge >= 0.3 is 0 Å². The number of carbonyl (C=O) groups excluding carboxylic acids is 2. The third kappa shape index (κ3) is 2.50. The quantitative estimate of drug-likeness (QED) is 0.544. The van der Waals surface area contributed by atoms with Crippen molar-refractivity contribution >= 4 is 35.4 Å². The summed E-state index contributed by atoms with van der Waals surface area (Å²) in [5, 5.41) is 12.8. The summed E-state index contributed by atoms with van der Waals surface area (Å²) >= 11 is 0. The Morgan fingerprint density at radius 3 is 2.83 bits per heavy atom. The van der Waals surface area contributed by atoms with Gasteiger partial charge in [-0.3, -0.25) is 14.9 Å². The third-order valence-electron chi connectivity index (χ3n) is 3.75. The van der Waals surface area contributed by atoms with Gasteiger partial charge in [0.25, 0.3) is 5.91 Å². The summed E-state index contributed by atoms with van der Waals surface area (Å²) < 4.78 is 1.61. The predicted octanol–water partition coefficient (Wildman–Crippen LogP) is 0.170. The average Bonchev–Trinajstić information content (AvgIpc) is 3.16. The van der Waals surface area contributed by atoms with Gasteiger partial charge < -0.3 is 10.6 Å². The van der Waals surface area contributed by atoms with E-state index in [4.69, 9.17) is 0 Å². The van der Waals surface area contributed by atoms with Gasteiger partial charge in [0.05, 0.1) is 12.6 Å². The van der Waals surface area contributed by atoms with Gasteiger partial charge in [0.15, 0.2) is 5.65 Å². The molecule has 1 saturated carbocycles. The molecule has 1 aliphatic heterocycles. The van der Waals surface area contributed by atoms with Crippen LogP contribution in [0.25, 0.3) is 11.7 Å². The first-order chi connectivity index (χ1) is 11.1.